The van der Waals surface area contributed by atoms with Crippen LogP contribution in [0.25, 0.3) is 0 Å². The molecule has 0 aromatic carbocycles. The number of nitrogens with one attached hydrogen (secondary N) is 1. The van der Waals surface area contributed by atoms with Crippen LogP contribution in [0.4, 0.5) is 0 Å². The van der Waals surface area contributed by atoms with Crippen LogP contribution in [0.15, 0.2) is 60.8 Å². The van der Waals surface area contributed by atoms with Gasteiger partial charge in [0.05, 0.1) is 33.8 Å². The van der Waals surface area contributed by atoms with E-state index in [-0.39, 0.29) is 31.5 Å². The zero-order valence-corrected chi connectivity index (χ0v) is 51.6. The molecule has 0 fully saturated rings. The number of phosphoric ester groups is 1. The molecule has 1 amide bonds. The molecule has 0 saturated carbocycles. The number of unbranched alkanes of at least 4 members (excludes halogenated alkanes) is 34. The van der Waals surface area contributed by atoms with Crippen LogP contribution in [0, 0.1) is 0 Å². The van der Waals surface area contributed by atoms with Gasteiger partial charge in [-0.25, -0.2) is 4.57 Å². The van der Waals surface area contributed by atoms with Gasteiger partial charge in [0.1, 0.15) is 19.3 Å². The Labute approximate surface area is 471 Å². The number of allylic oxidation sites excluding steroid dienone is 9. The van der Waals surface area contributed by atoms with E-state index in [2.05, 4.69) is 74.7 Å². The predicted molar refractivity (Wildman–Crippen MR) is 328 cm³/mol. The van der Waals surface area contributed by atoms with Crippen LogP contribution < -0.4 is 5.32 Å². The van der Waals surface area contributed by atoms with E-state index >= 15 is 0 Å². The normalized spacial score (nSPS) is 14.0. The number of hydrogen-bond acceptors (Lipinski definition) is 6. The van der Waals surface area contributed by atoms with Crippen molar-refractivity contribution in [3.8, 4) is 0 Å². The Morgan fingerprint density at radius 3 is 1.28 bits per heavy atom. The summed E-state index contributed by atoms with van der Waals surface area (Å²) in [5.41, 5.74) is 0. The first-order valence-electron chi connectivity index (χ1n) is 32.1. The highest BCUT2D eigenvalue weighted by Gasteiger charge is 2.30. The fraction of sp³-hybridized carbons (Fsp3) is 0.818. The maximum atomic E-state index is 13.6. The molecule has 0 radical (unpaired) electrons. The largest absolute Gasteiger partial charge is 0.472 e. The van der Waals surface area contributed by atoms with Gasteiger partial charge in [0, 0.05) is 12.8 Å². The molecule has 0 aliphatic heterocycles. The molecule has 444 valence electrons. The molecule has 0 rings (SSSR count). The Hall–Kier alpha value is -2.29. The monoisotopic (exact) mass is 1090 g/mol. The average molecular weight is 1090 g/mol. The Morgan fingerprint density at radius 2 is 0.842 bits per heavy atom. The molecule has 0 aliphatic carbocycles. The number of nitrogens with zero attached hydrogens (tertiary/aromatic N) is 1. The highest BCUT2D eigenvalue weighted by atomic mass is 31.2. The van der Waals surface area contributed by atoms with Crippen LogP contribution in [0.1, 0.15) is 297 Å². The number of amides is 1. The van der Waals surface area contributed by atoms with Crippen LogP contribution in [-0.4, -0.2) is 74.3 Å². The Morgan fingerprint density at radius 1 is 0.474 bits per heavy atom. The third-order valence-electron chi connectivity index (χ3n) is 14.2. The minimum Gasteiger partial charge on any atom is -0.456 e. The van der Waals surface area contributed by atoms with E-state index in [0.29, 0.717) is 23.9 Å². The van der Waals surface area contributed by atoms with Gasteiger partial charge >= 0.3 is 13.8 Å². The zero-order chi connectivity index (χ0) is 55.7. The van der Waals surface area contributed by atoms with Crippen LogP contribution in [0.2, 0.25) is 0 Å². The van der Waals surface area contributed by atoms with Crippen molar-refractivity contribution >= 4 is 19.7 Å². The Kier molecular flexibility index (Phi) is 54.3. The summed E-state index contributed by atoms with van der Waals surface area (Å²) < 4.78 is 30.7. The van der Waals surface area contributed by atoms with Crippen molar-refractivity contribution in [2.75, 3.05) is 40.9 Å². The van der Waals surface area contributed by atoms with Gasteiger partial charge in [-0.1, -0.05) is 255 Å². The van der Waals surface area contributed by atoms with Crippen molar-refractivity contribution < 1.29 is 37.3 Å². The second-order valence-corrected chi connectivity index (χ2v) is 24.4. The predicted octanol–water partition coefficient (Wildman–Crippen LogP) is 19.8. The summed E-state index contributed by atoms with van der Waals surface area (Å²) in [5.74, 6) is -0.524. The lowest BCUT2D eigenvalue weighted by Crippen LogP contribution is -2.47. The summed E-state index contributed by atoms with van der Waals surface area (Å²) >= 11 is 0. The van der Waals surface area contributed by atoms with E-state index in [9.17, 15) is 19.0 Å². The van der Waals surface area contributed by atoms with Gasteiger partial charge in [-0.2, -0.15) is 0 Å². The first kappa shape index (κ1) is 73.7. The molecule has 2 N–H and O–H groups in total. The van der Waals surface area contributed by atoms with Crippen LogP contribution in [0.3, 0.4) is 0 Å². The van der Waals surface area contributed by atoms with E-state index in [4.69, 9.17) is 13.8 Å². The molecule has 0 heterocycles. The minimum absolute atomic E-state index is 0.0360. The molecule has 0 bridgehead atoms. The standard InChI is InChI=1S/C66H123N2O7P/c1-7-10-13-16-19-22-25-28-30-31-32-33-34-35-36-37-38-40-43-46-49-52-55-58-65(69)67-63(62-74-76(71,72)73-61-60-68(4,5)6)64(57-54-51-48-45-42-39-27-24-21-18-15-12-9-3)75-66(70)59-56-53-50-47-44-41-29-26-23-20-17-14-11-8-2/h11,14,20,23,28-30,41,54,57,63-64H,7-10,12-13,15-19,21-22,24-27,31-40,42-53,55-56,58-62H2,1-6H3,(H-,67,69,71,72)/p+1/b14-11+,23-20+,30-28+,41-29+,57-54-. The number of quaternary nitrogens is 1. The molecular formula is C66H124N2O7P+. The average Bonchev–Trinajstić information content (AvgIpc) is 3.38. The SMILES string of the molecule is CC/C=C/C/C=C/C/C=C/CCCCCCC(=O)OC(/C=C\CCCCCCCCCCCCC)C(COP(=O)(O)OCC[N+](C)(C)C)NC(=O)CCCCCCCCCCCCCCC/C=C/CCCCCCCC. The van der Waals surface area contributed by atoms with Crippen molar-refractivity contribution in [3.05, 3.63) is 60.8 Å². The lowest BCUT2D eigenvalue weighted by Gasteiger charge is -2.27. The first-order chi connectivity index (χ1) is 36.9. The van der Waals surface area contributed by atoms with E-state index in [1.54, 1.807) is 0 Å². The molecule has 10 heteroatoms. The number of carbonyl (C=O) groups excluding carboxylic acids is 2. The third kappa shape index (κ3) is 56.4. The molecule has 3 unspecified atom stereocenters. The van der Waals surface area contributed by atoms with Gasteiger partial charge in [-0.05, 0) is 89.5 Å². The molecular weight excluding hydrogens is 964 g/mol. The number of hydrogen-bond donors (Lipinski definition) is 2. The third-order valence-corrected chi connectivity index (χ3v) is 15.2. The minimum atomic E-state index is -4.45. The number of esters is 1. The fourth-order valence-corrected chi connectivity index (χ4v) is 9.98. The second-order valence-electron chi connectivity index (χ2n) is 22.9. The zero-order valence-electron chi connectivity index (χ0n) is 50.7. The number of rotatable bonds is 58. The van der Waals surface area contributed by atoms with Gasteiger partial charge in [-0.3, -0.25) is 18.6 Å². The highest BCUT2D eigenvalue weighted by Crippen LogP contribution is 2.43. The van der Waals surface area contributed by atoms with Crippen molar-refractivity contribution in [2.45, 2.75) is 309 Å². The summed E-state index contributed by atoms with van der Waals surface area (Å²) in [6, 6.07) is -0.858. The van der Waals surface area contributed by atoms with Gasteiger partial charge in [0.25, 0.3) is 0 Å². The van der Waals surface area contributed by atoms with E-state index in [1.807, 2.05) is 33.3 Å². The lowest BCUT2D eigenvalue weighted by atomic mass is 10.0. The molecule has 0 spiro atoms. The first-order valence-corrected chi connectivity index (χ1v) is 33.6. The van der Waals surface area contributed by atoms with Crippen molar-refractivity contribution in [1.29, 1.82) is 0 Å². The molecule has 9 nitrogen and oxygen atoms in total. The Balaban J connectivity index is 5.18. The summed E-state index contributed by atoms with van der Waals surface area (Å²) in [5, 5.41) is 3.06. The van der Waals surface area contributed by atoms with E-state index < -0.39 is 20.0 Å². The number of carbonyl (C=O) groups is 2. The van der Waals surface area contributed by atoms with Gasteiger partial charge in [0.2, 0.25) is 5.91 Å². The van der Waals surface area contributed by atoms with Gasteiger partial charge in [-0.15, -0.1) is 0 Å². The number of phosphoric acid groups is 1. The molecule has 0 saturated heterocycles. The lowest BCUT2D eigenvalue weighted by molar-refractivity contribution is -0.870. The maximum absolute atomic E-state index is 13.6. The molecule has 76 heavy (non-hydrogen) atoms. The van der Waals surface area contributed by atoms with Crippen molar-refractivity contribution in [1.82, 2.24) is 5.32 Å². The summed E-state index contributed by atoms with van der Waals surface area (Å²) in [6.45, 7) is 6.90. The molecule has 3 atom stereocenters. The van der Waals surface area contributed by atoms with Gasteiger partial charge < -0.3 is 19.4 Å². The fourth-order valence-electron chi connectivity index (χ4n) is 9.24. The summed E-state index contributed by atoms with van der Waals surface area (Å²) in [6.07, 6.45) is 70.8. The smallest absolute Gasteiger partial charge is 0.456 e. The van der Waals surface area contributed by atoms with E-state index in [0.717, 1.165) is 83.5 Å². The quantitative estimate of drug-likeness (QED) is 0.0205. The maximum Gasteiger partial charge on any atom is 0.472 e. The van der Waals surface area contributed by atoms with Crippen molar-refractivity contribution in [3.63, 3.8) is 0 Å². The number of ether oxygens (including phenoxy) is 1. The highest BCUT2D eigenvalue weighted by molar-refractivity contribution is 7.47. The van der Waals surface area contributed by atoms with E-state index in [1.165, 1.54) is 173 Å². The topological polar surface area (TPSA) is 111 Å². The van der Waals surface area contributed by atoms with Gasteiger partial charge in [0.15, 0.2) is 0 Å². The summed E-state index contributed by atoms with van der Waals surface area (Å²) in [7, 11) is 1.49. The molecule has 0 aromatic rings. The van der Waals surface area contributed by atoms with Crippen molar-refractivity contribution in [2.24, 2.45) is 0 Å². The van der Waals surface area contributed by atoms with Crippen LogP contribution in [0.5, 0.6) is 0 Å². The van der Waals surface area contributed by atoms with Crippen LogP contribution >= 0.6 is 7.82 Å². The summed E-state index contributed by atoms with van der Waals surface area (Å²) in [4.78, 5) is 37.7. The molecule has 0 aliphatic rings. The Bertz CT molecular complexity index is 1490. The number of likely N-dealkylation sites (N-methyl/N-ethyl adjacent to an activating group) is 1. The van der Waals surface area contributed by atoms with Crippen LogP contribution in [-0.2, 0) is 27.9 Å². The second kappa shape index (κ2) is 56.0. The molecule has 0 aromatic heterocycles.